The predicted octanol–water partition coefficient (Wildman–Crippen LogP) is 3.01. The van der Waals surface area contributed by atoms with Gasteiger partial charge in [0, 0.05) is 18.9 Å². The van der Waals surface area contributed by atoms with Gasteiger partial charge in [0.1, 0.15) is 17.3 Å². The second-order valence-corrected chi connectivity index (χ2v) is 4.86. The molecule has 0 bridgehead atoms. The minimum absolute atomic E-state index is 0.410. The second kappa shape index (κ2) is 5.89. The molecule has 1 aromatic rings. The average Bonchev–Trinajstić information content (AvgIpc) is 2.41. The van der Waals surface area contributed by atoms with Gasteiger partial charge in [0.15, 0.2) is 0 Å². The molecule has 3 heteroatoms. The standard InChI is InChI=1S/C15H20O3/c1-17-14-8-5-12(15(10-14)18-2)9-11-3-6-13(16)7-4-11/h5,8,10-11H,3-4,6-7,9H2,1-2H3. The molecular formula is C15H20O3. The first-order valence-corrected chi connectivity index (χ1v) is 6.45. The Kier molecular flexibility index (Phi) is 4.24. The van der Waals surface area contributed by atoms with Crippen molar-refractivity contribution >= 4 is 5.78 Å². The van der Waals surface area contributed by atoms with Gasteiger partial charge in [0.25, 0.3) is 0 Å². The maximum absolute atomic E-state index is 11.2. The molecule has 0 spiro atoms. The molecule has 2 rings (SSSR count). The third-order valence-electron chi connectivity index (χ3n) is 3.67. The summed E-state index contributed by atoms with van der Waals surface area (Å²) in [6.07, 6.45) is 4.48. The molecule has 0 atom stereocenters. The Bertz CT molecular complexity index is 416. The molecule has 1 saturated carbocycles. The van der Waals surface area contributed by atoms with Gasteiger partial charge in [-0.2, -0.15) is 0 Å². The van der Waals surface area contributed by atoms with Crippen molar-refractivity contribution in [2.24, 2.45) is 5.92 Å². The lowest BCUT2D eigenvalue weighted by atomic mass is 9.84. The Labute approximate surface area is 108 Å². The summed E-state index contributed by atoms with van der Waals surface area (Å²) >= 11 is 0. The van der Waals surface area contributed by atoms with Gasteiger partial charge in [0.05, 0.1) is 14.2 Å². The molecule has 98 valence electrons. The first-order chi connectivity index (χ1) is 8.72. The maximum Gasteiger partial charge on any atom is 0.132 e. The average molecular weight is 248 g/mol. The van der Waals surface area contributed by atoms with E-state index >= 15 is 0 Å². The number of hydrogen-bond acceptors (Lipinski definition) is 3. The largest absolute Gasteiger partial charge is 0.497 e. The van der Waals surface area contributed by atoms with E-state index in [2.05, 4.69) is 6.07 Å². The third-order valence-corrected chi connectivity index (χ3v) is 3.67. The number of Topliss-reactive ketones (excluding diaryl/α,β-unsaturated/α-hetero) is 1. The van der Waals surface area contributed by atoms with Crippen LogP contribution in [0.5, 0.6) is 11.5 Å². The Hall–Kier alpha value is -1.51. The Morgan fingerprint density at radius 2 is 1.89 bits per heavy atom. The first kappa shape index (κ1) is 12.9. The number of methoxy groups -OCH3 is 2. The lowest BCUT2D eigenvalue weighted by molar-refractivity contribution is -0.120. The molecule has 0 heterocycles. The van der Waals surface area contributed by atoms with Gasteiger partial charge < -0.3 is 9.47 Å². The van der Waals surface area contributed by atoms with Crippen LogP contribution in [0.1, 0.15) is 31.2 Å². The van der Waals surface area contributed by atoms with Gasteiger partial charge in [-0.1, -0.05) is 6.07 Å². The quantitative estimate of drug-likeness (QED) is 0.821. The molecule has 3 nitrogen and oxygen atoms in total. The summed E-state index contributed by atoms with van der Waals surface area (Å²) in [6, 6.07) is 5.95. The topological polar surface area (TPSA) is 35.5 Å². The van der Waals surface area contributed by atoms with Gasteiger partial charge in [-0.3, -0.25) is 4.79 Å². The highest BCUT2D eigenvalue weighted by Gasteiger charge is 2.20. The Morgan fingerprint density at radius 1 is 1.17 bits per heavy atom. The fraction of sp³-hybridized carbons (Fsp3) is 0.533. The summed E-state index contributed by atoms with van der Waals surface area (Å²) in [5.74, 6) is 2.71. The van der Waals surface area contributed by atoms with Crippen LogP contribution in [0.15, 0.2) is 18.2 Å². The number of carbonyl (C=O) groups excluding carboxylic acids is 1. The minimum Gasteiger partial charge on any atom is -0.497 e. The summed E-state index contributed by atoms with van der Waals surface area (Å²) in [7, 11) is 3.34. The lowest BCUT2D eigenvalue weighted by Gasteiger charge is -2.22. The van der Waals surface area contributed by atoms with E-state index in [9.17, 15) is 4.79 Å². The fourth-order valence-corrected chi connectivity index (χ4v) is 2.54. The fourth-order valence-electron chi connectivity index (χ4n) is 2.54. The van der Waals surface area contributed by atoms with Crippen LogP contribution in [0.25, 0.3) is 0 Å². The van der Waals surface area contributed by atoms with Gasteiger partial charge in [-0.15, -0.1) is 0 Å². The molecule has 0 saturated heterocycles. The van der Waals surface area contributed by atoms with Gasteiger partial charge >= 0.3 is 0 Å². The number of benzene rings is 1. The van der Waals surface area contributed by atoms with Gasteiger partial charge in [0.2, 0.25) is 0 Å². The van der Waals surface area contributed by atoms with Crippen LogP contribution in [0.3, 0.4) is 0 Å². The smallest absolute Gasteiger partial charge is 0.132 e. The molecule has 1 fully saturated rings. The van der Waals surface area contributed by atoms with Crippen LogP contribution in [-0.2, 0) is 11.2 Å². The van der Waals surface area contributed by atoms with Gasteiger partial charge in [-0.25, -0.2) is 0 Å². The molecule has 1 aliphatic rings. The molecule has 0 aromatic heterocycles. The van der Waals surface area contributed by atoms with Crippen LogP contribution in [0.2, 0.25) is 0 Å². The molecular weight excluding hydrogens is 228 g/mol. The molecule has 0 aliphatic heterocycles. The summed E-state index contributed by atoms with van der Waals surface area (Å²) in [6.45, 7) is 0. The summed E-state index contributed by atoms with van der Waals surface area (Å²) in [5, 5.41) is 0. The number of ketones is 1. The van der Waals surface area contributed by atoms with Crippen molar-refractivity contribution in [3.63, 3.8) is 0 Å². The number of ether oxygens (including phenoxy) is 2. The Balaban J connectivity index is 2.06. The van der Waals surface area contributed by atoms with Crippen molar-refractivity contribution in [2.45, 2.75) is 32.1 Å². The highest BCUT2D eigenvalue weighted by molar-refractivity contribution is 5.79. The van der Waals surface area contributed by atoms with E-state index < -0.39 is 0 Å². The summed E-state index contributed by atoms with van der Waals surface area (Å²) in [5.41, 5.74) is 1.21. The molecule has 18 heavy (non-hydrogen) atoms. The second-order valence-electron chi connectivity index (χ2n) is 4.86. The van der Waals surface area contributed by atoms with E-state index in [0.717, 1.165) is 43.6 Å². The summed E-state index contributed by atoms with van der Waals surface area (Å²) < 4.78 is 10.6. The zero-order chi connectivity index (χ0) is 13.0. The molecule has 1 aliphatic carbocycles. The van der Waals surface area contributed by atoms with E-state index in [-0.39, 0.29) is 0 Å². The predicted molar refractivity (Wildman–Crippen MR) is 70.2 cm³/mol. The van der Waals surface area contributed by atoms with E-state index in [4.69, 9.17) is 9.47 Å². The van der Waals surface area contributed by atoms with Crippen LogP contribution in [0.4, 0.5) is 0 Å². The zero-order valence-electron chi connectivity index (χ0n) is 11.1. The molecule has 0 radical (unpaired) electrons. The van der Waals surface area contributed by atoms with E-state index in [0.29, 0.717) is 11.7 Å². The monoisotopic (exact) mass is 248 g/mol. The first-order valence-electron chi connectivity index (χ1n) is 6.45. The van der Waals surface area contributed by atoms with Crippen molar-refractivity contribution in [1.29, 1.82) is 0 Å². The summed E-state index contributed by atoms with van der Waals surface area (Å²) in [4.78, 5) is 11.2. The van der Waals surface area contributed by atoms with Crippen LogP contribution >= 0.6 is 0 Å². The van der Waals surface area contributed by atoms with Crippen LogP contribution in [0, 0.1) is 5.92 Å². The Morgan fingerprint density at radius 3 is 2.50 bits per heavy atom. The van der Waals surface area contributed by atoms with Crippen molar-refractivity contribution in [1.82, 2.24) is 0 Å². The van der Waals surface area contributed by atoms with Crippen LogP contribution < -0.4 is 9.47 Å². The molecule has 0 amide bonds. The van der Waals surface area contributed by atoms with E-state index in [1.54, 1.807) is 14.2 Å². The van der Waals surface area contributed by atoms with Crippen molar-refractivity contribution in [3.05, 3.63) is 23.8 Å². The molecule has 0 unspecified atom stereocenters. The van der Waals surface area contributed by atoms with E-state index in [1.165, 1.54) is 5.56 Å². The molecule has 1 aromatic carbocycles. The highest BCUT2D eigenvalue weighted by Crippen LogP contribution is 2.31. The SMILES string of the molecule is COc1ccc(CC2CCC(=O)CC2)c(OC)c1. The van der Waals surface area contributed by atoms with E-state index in [1.807, 2.05) is 12.1 Å². The third kappa shape index (κ3) is 3.03. The number of hydrogen-bond donors (Lipinski definition) is 0. The van der Waals surface area contributed by atoms with Gasteiger partial charge in [-0.05, 0) is 36.8 Å². The molecule has 0 N–H and O–H groups in total. The van der Waals surface area contributed by atoms with Crippen molar-refractivity contribution in [3.8, 4) is 11.5 Å². The zero-order valence-corrected chi connectivity index (χ0v) is 11.1. The lowest BCUT2D eigenvalue weighted by Crippen LogP contribution is -2.16. The van der Waals surface area contributed by atoms with Crippen molar-refractivity contribution < 1.29 is 14.3 Å². The number of carbonyl (C=O) groups is 1. The van der Waals surface area contributed by atoms with Crippen LogP contribution in [-0.4, -0.2) is 20.0 Å². The maximum atomic E-state index is 11.2. The number of rotatable bonds is 4. The highest BCUT2D eigenvalue weighted by atomic mass is 16.5. The minimum atomic E-state index is 0.410. The van der Waals surface area contributed by atoms with Crippen molar-refractivity contribution in [2.75, 3.05) is 14.2 Å². The normalized spacial score (nSPS) is 16.7.